The van der Waals surface area contributed by atoms with Crippen molar-refractivity contribution in [2.24, 2.45) is 0 Å². The zero-order valence-electron chi connectivity index (χ0n) is 9.85. The predicted molar refractivity (Wildman–Crippen MR) is 61.3 cm³/mol. The molecular weight excluding hydrogens is 239 g/mol. The van der Waals surface area contributed by atoms with Crippen LogP contribution < -0.4 is 5.32 Å². The Balaban J connectivity index is 2.04. The number of rotatable bonds is 3. The van der Waals surface area contributed by atoms with Crippen LogP contribution >= 0.6 is 0 Å². The Morgan fingerprint density at radius 1 is 1.50 bits per heavy atom. The average Bonchev–Trinajstić information content (AvgIpc) is 2.71. The number of ether oxygens (including phenoxy) is 1. The normalized spacial score (nSPS) is 18.7. The summed E-state index contributed by atoms with van der Waals surface area (Å²) in [6, 6.07) is 5.34. The first-order valence-corrected chi connectivity index (χ1v) is 5.48. The molecule has 0 saturated carbocycles. The summed E-state index contributed by atoms with van der Waals surface area (Å²) in [5.41, 5.74) is 0.803. The molecule has 1 fully saturated rings. The molecule has 1 heterocycles. The van der Waals surface area contributed by atoms with Crippen LogP contribution in [0.25, 0.3) is 0 Å². The van der Waals surface area contributed by atoms with Crippen LogP contribution in [0.5, 0.6) is 0 Å². The quantitative estimate of drug-likeness (QED) is 0.818. The van der Waals surface area contributed by atoms with Crippen LogP contribution in [-0.2, 0) is 9.53 Å². The summed E-state index contributed by atoms with van der Waals surface area (Å²) in [6.07, 6.45) is 0. The lowest BCUT2D eigenvalue weighted by Crippen LogP contribution is -2.33. The summed E-state index contributed by atoms with van der Waals surface area (Å²) in [5, 5.41) is 2.73. The second-order valence-corrected chi connectivity index (χ2v) is 4.01. The predicted octanol–water partition coefficient (Wildman–Crippen LogP) is 1.06. The molecule has 2 rings (SSSR count). The third-order valence-electron chi connectivity index (χ3n) is 2.81. The number of nitrogens with zero attached hydrogens (tertiary/aromatic N) is 1. The van der Waals surface area contributed by atoms with Crippen molar-refractivity contribution < 1.29 is 18.7 Å². The highest BCUT2D eigenvalue weighted by molar-refractivity contribution is 5.82. The first-order chi connectivity index (χ1) is 8.60. The number of nitrogens with one attached hydrogen (secondary N) is 1. The number of halogens is 1. The van der Waals surface area contributed by atoms with Crippen molar-refractivity contribution in [2.75, 3.05) is 20.2 Å². The molecule has 6 heteroatoms. The van der Waals surface area contributed by atoms with E-state index in [0.717, 1.165) is 5.56 Å². The van der Waals surface area contributed by atoms with Gasteiger partial charge in [0.2, 0.25) is 0 Å². The summed E-state index contributed by atoms with van der Waals surface area (Å²) in [5.74, 6) is -0.792. The molecule has 0 aromatic heterocycles. The number of hydrogen-bond donors (Lipinski definition) is 1. The van der Waals surface area contributed by atoms with Gasteiger partial charge in [-0.15, -0.1) is 0 Å². The molecule has 1 unspecified atom stereocenters. The topological polar surface area (TPSA) is 58.6 Å². The van der Waals surface area contributed by atoms with Crippen molar-refractivity contribution in [1.82, 2.24) is 10.2 Å². The fourth-order valence-corrected chi connectivity index (χ4v) is 1.83. The van der Waals surface area contributed by atoms with Gasteiger partial charge in [0.1, 0.15) is 12.4 Å². The molecule has 0 spiro atoms. The lowest BCUT2D eigenvalue weighted by molar-refractivity contribution is -0.141. The number of methoxy groups -OCH3 is 1. The molecule has 1 aliphatic heterocycles. The molecule has 96 valence electrons. The SMILES string of the molecule is COC(=O)CN1CC(c2ccc(F)cc2)NC1=O. The Bertz CT molecular complexity index is 461. The molecular formula is C12H13FN2O3. The molecule has 0 bridgehead atoms. The minimum atomic E-state index is -0.468. The van der Waals surface area contributed by atoms with E-state index in [1.54, 1.807) is 12.1 Å². The van der Waals surface area contributed by atoms with E-state index in [2.05, 4.69) is 10.1 Å². The number of amides is 2. The van der Waals surface area contributed by atoms with Gasteiger partial charge >= 0.3 is 12.0 Å². The largest absolute Gasteiger partial charge is 0.468 e. The molecule has 1 saturated heterocycles. The van der Waals surface area contributed by atoms with E-state index in [4.69, 9.17) is 0 Å². The summed E-state index contributed by atoms with van der Waals surface area (Å²) in [4.78, 5) is 24.1. The van der Waals surface area contributed by atoms with Crippen LogP contribution in [0.15, 0.2) is 24.3 Å². The summed E-state index contributed by atoms with van der Waals surface area (Å²) >= 11 is 0. The van der Waals surface area contributed by atoms with Crippen molar-refractivity contribution >= 4 is 12.0 Å². The van der Waals surface area contributed by atoms with Crippen molar-refractivity contribution in [3.63, 3.8) is 0 Å². The zero-order valence-corrected chi connectivity index (χ0v) is 9.85. The van der Waals surface area contributed by atoms with Crippen LogP contribution in [0.1, 0.15) is 11.6 Å². The molecule has 1 aromatic carbocycles. The molecule has 0 radical (unpaired) electrons. The smallest absolute Gasteiger partial charge is 0.325 e. The maximum atomic E-state index is 12.8. The van der Waals surface area contributed by atoms with Crippen LogP contribution in [-0.4, -0.2) is 37.1 Å². The number of hydrogen-bond acceptors (Lipinski definition) is 3. The second kappa shape index (κ2) is 5.03. The van der Waals surface area contributed by atoms with E-state index in [0.29, 0.717) is 6.54 Å². The third-order valence-corrected chi connectivity index (χ3v) is 2.81. The van der Waals surface area contributed by atoms with Gasteiger partial charge in [0, 0.05) is 6.54 Å². The van der Waals surface area contributed by atoms with Gasteiger partial charge in [-0.2, -0.15) is 0 Å². The number of benzene rings is 1. The lowest BCUT2D eigenvalue weighted by atomic mass is 10.1. The first kappa shape index (κ1) is 12.3. The van der Waals surface area contributed by atoms with E-state index < -0.39 is 5.97 Å². The lowest BCUT2D eigenvalue weighted by Gasteiger charge is -2.12. The Kier molecular flexibility index (Phi) is 3.45. The Hall–Kier alpha value is -2.11. The highest BCUT2D eigenvalue weighted by Crippen LogP contribution is 2.20. The second-order valence-electron chi connectivity index (χ2n) is 4.01. The minimum Gasteiger partial charge on any atom is -0.468 e. The number of carbonyl (C=O) groups is 2. The summed E-state index contributed by atoms with van der Waals surface area (Å²) in [6.45, 7) is 0.277. The number of esters is 1. The molecule has 1 N–H and O–H groups in total. The zero-order chi connectivity index (χ0) is 13.1. The monoisotopic (exact) mass is 252 g/mol. The van der Waals surface area contributed by atoms with Gasteiger partial charge in [-0.3, -0.25) is 4.79 Å². The van der Waals surface area contributed by atoms with Gasteiger partial charge in [0.15, 0.2) is 0 Å². The third kappa shape index (κ3) is 2.58. The van der Waals surface area contributed by atoms with Crippen molar-refractivity contribution in [2.45, 2.75) is 6.04 Å². The maximum Gasteiger partial charge on any atom is 0.325 e. The van der Waals surface area contributed by atoms with Gasteiger partial charge in [-0.1, -0.05) is 12.1 Å². The van der Waals surface area contributed by atoms with Crippen LogP contribution in [0.3, 0.4) is 0 Å². The number of urea groups is 1. The van der Waals surface area contributed by atoms with E-state index in [9.17, 15) is 14.0 Å². The van der Waals surface area contributed by atoms with Gasteiger partial charge < -0.3 is 15.0 Å². The minimum absolute atomic E-state index is 0.0833. The molecule has 0 aliphatic carbocycles. The van der Waals surface area contributed by atoms with Gasteiger partial charge in [0.25, 0.3) is 0 Å². The molecule has 2 amide bonds. The van der Waals surface area contributed by atoms with Crippen LogP contribution in [0, 0.1) is 5.82 Å². The van der Waals surface area contributed by atoms with E-state index >= 15 is 0 Å². The Morgan fingerprint density at radius 3 is 2.78 bits per heavy atom. The fourth-order valence-electron chi connectivity index (χ4n) is 1.83. The number of carbonyl (C=O) groups excluding carboxylic acids is 2. The summed E-state index contributed by atoms with van der Waals surface area (Å²) in [7, 11) is 1.27. The molecule has 1 atom stereocenters. The van der Waals surface area contributed by atoms with Crippen LogP contribution in [0.4, 0.5) is 9.18 Å². The highest BCUT2D eigenvalue weighted by Gasteiger charge is 2.31. The fraction of sp³-hybridized carbons (Fsp3) is 0.333. The molecule has 1 aliphatic rings. The standard InChI is InChI=1S/C12H13FN2O3/c1-18-11(16)7-15-6-10(14-12(15)17)8-2-4-9(13)5-3-8/h2-5,10H,6-7H2,1H3,(H,14,17). The van der Waals surface area contributed by atoms with Crippen LogP contribution in [0.2, 0.25) is 0 Å². The summed E-state index contributed by atoms with van der Waals surface area (Å²) < 4.78 is 17.3. The van der Waals surface area contributed by atoms with E-state index in [-0.39, 0.29) is 24.4 Å². The van der Waals surface area contributed by atoms with E-state index in [1.165, 1.54) is 24.1 Å². The Labute approximate surface area is 104 Å². The van der Waals surface area contributed by atoms with Gasteiger partial charge in [0.05, 0.1) is 13.2 Å². The Morgan fingerprint density at radius 2 is 2.17 bits per heavy atom. The molecule has 5 nitrogen and oxygen atoms in total. The highest BCUT2D eigenvalue weighted by atomic mass is 19.1. The van der Waals surface area contributed by atoms with Crippen molar-refractivity contribution in [3.8, 4) is 0 Å². The first-order valence-electron chi connectivity index (χ1n) is 5.48. The molecule has 1 aromatic rings. The van der Waals surface area contributed by atoms with Gasteiger partial charge in [-0.05, 0) is 17.7 Å². The molecule has 18 heavy (non-hydrogen) atoms. The average molecular weight is 252 g/mol. The van der Waals surface area contributed by atoms with Crippen molar-refractivity contribution in [3.05, 3.63) is 35.6 Å². The van der Waals surface area contributed by atoms with Gasteiger partial charge in [-0.25, -0.2) is 9.18 Å². The van der Waals surface area contributed by atoms with E-state index in [1.807, 2.05) is 0 Å². The maximum absolute atomic E-state index is 12.8. The van der Waals surface area contributed by atoms with Crippen molar-refractivity contribution in [1.29, 1.82) is 0 Å².